The van der Waals surface area contributed by atoms with E-state index in [-0.39, 0.29) is 0 Å². The largest absolute Gasteiger partial charge is 0.308 e. The molecule has 0 aliphatic heterocycles. The summed E-state index contributed by atoms with van der Waals surface area (Å²) in [5.41, 5.74) is 2.04. The fourth-order valence-corrected chi connectivity index (χ4v) is 1.37. The predicted molar refractivity (Wildman–Crippen MR) is 57.1 cm³/mol. The summed E-state index contributed by atoms with van der Waals surface area (Å²) >= 11 is 0. The van der Waals surface area contributed by atoms with Crippen LogP contribution < -0.4 is 5.32 Å². The first-order valence-corrected chi connectivity index (χ1v) is 4.64. The van der Waals surface area contributed by atoms with Gasteiger partial charge in [0.05, 0.1) is 5.69 Å². The molecule has 0 saturated heterocycles. The van der Waals surface area contributed by atoms with Gasteiger partial charge in [0.1, 0.15) is 5.65 Å². The quantitative estimate of drug-likeness (QED) is 0.582. The van der Waals surface area contributed by atoms with Gasteiger partial charge in [-0.1, -0.05) is 12.1 Å². The van der Waals surface area contributed by atoms with Crippen LogP contribution in [0.25, 0.3) is 5.65 Å². The Hall–Kier alpha value is -1.61. The fourth-order valence-electron chi connectivity index (χ4n) is 1.37. The molecule has 0 aliphatic rings. The van der Waals surface area contributed by atoms with Crippen molar-refractivity contribution in [3.05, 3.63) is 48.9 Å². The summed E-state index contributed by atoms with van der Waals surface area (Å²) in [6, 6.07) is 5.98. The second-order valence-corrected chi connectivity index (χ2v) is 3.12. The van der Waals surface area contributed by atoms with Gasteiger partial charge in [-0.3, -0.25) is 0 Å². The number of aromatic nitrogens is 2. The second-order valence-electron chi connectivity index (χ2n) is 3.12. The summed E-state index contributed by atoms with van der Waals surface area (Å²) in [5.74, 6) is 0. The molecule has 0 radical (unpaired) electrons. The number of hydrogen-bond acceptors (Lipinski definition) is 2. The minimum absolute atomic E-state index is 0.785. The third-order valence-corrected chi connectivity index (χ3v) is 2.01. The average Bonchev–Trinajstić information content (AvgIpc) is 2.60. The number of nitrogens with one attached hydrogen (secondary N) is 1. The van der Waals surface area contributed by atoms with Gasteiger partial charge >= 0.3 is 0 Å². The van der Waals surface area contributed by atoms with Crippen molar-refractivity contribution in [2.45, 2.75) is 6.54 Å². The topological polar surface area (TPSA) is 29.3 Å². The Kier molecular flexibility index (Phi) is 2.60. The number of nitrogens with zero attached hydrogens (tertiary/aromatic N) is 2. The highest BCUT2D eigenvalue weighted by Crippen LogP contribution is 2.03. The lowest BCUT2D eigenvalue weighted by atomic mass is 10.4. The van der Waals surface area contributed by atoms with Gasteiger partial charge in [-0.15, -0.1) is 6.58 Å². The lowest BCUT2D eigenvalue weighted by molar-refractivity contribution is 0.745. The van der Waals surface area contributed by atoms with Crippen molar-refractivity contribution in [3.63, 3.8) is 0 Å². The van der Waals surface area contributed by atoms with Gasteiger partial charge in [0.2, 0.25) is 0 Å². The SMILES string of the molecule is C=CCNCc1cn2ccccc2n1. The molecule has 0 bridgehead atoms. The normalized spacial score (nSPS) is 10.6. The summed E-state index contributed by atoms with van der Waals surface area (Å²) < 4.78 is 2.02. The maximum atomic E-state index is 4.45. The van der Waals surface area contributed by atoms with Crippen LogP contribution in [0.4, 0.5) is 0 Å². The van der Waals surface area contributed by atoms with Crippen molar-refractivity contribution >= 4 is 5.65 Å². The van der Waals surface area contributed by atoms with Gasteiger partial charge in [0.15, 0.2) is 0 Å². The first kappa shape index (κ1) is 8.97. The van der Waals surface area contributed by atoms with E-state index in [9.17, 15) is 0 Å². The van der Waals surface area contributed by atoms with Crippen molar-refractivity contribution in [2.75, 3.05) is 6.54 Å². The molecular weight excluding hydrogens is 174 g/mol. The zero-order valence-electron chi connectivity index (χ0n) is 7.98. The van der Waals surface area contributed by atoms with Crippen LogP contribution in [-0.2, 0) is 6.54 Å². The molecule has 0 unspecified atom stereocenters. The lowest BCUT2D eigenvalue weighted by Gasteiger charge is -1.95. The molecule has 0 aliphatic carbocycles. The molecule has 0 fully saturated rings. The van der Waals surface area contributed by atoms with Gasteiger partial charge in [-0.2, -0.15) is 0 Å². The summed E-state index contributed by atoms with van der Waals surface area (Å²) in [6.07, 6.45) is 5.88. The molecule has 72 valence electrons. The molecule has 0 aromatic carbocycles. The van der Waals surface area contributed by atoms with Crippen LogP contribution in [0.2, 0.25) is 0 Å². The molecule has 0 atom stereocenters. The summed E-state index contributed by atoms with van der Waals surface area (Å²) in [6.45, 7) is 5.25. The number of imidazole rings is 1. The van der Waals surface area contributed by atoms with Gasteiger partial charge in [0.25, 0.3) is 0 Å². The number of pyridine rings is 1. The maximum absolute atomic E-state index is 4.45. The van der Waals surface area contributed by atoms with Crippen LogP contribution in [-0.4, -0.2) is 15.9 Å². The van der Waals surface area contributed by atoms with Crippen LogP contribution in [0.5, 0.6) is 0 Å². The van der Waals surface area contributed by atoms with E-state index in [1.165, 1.54) is 0 Å². The Morgan fingerprint density at radius 1 is 1.50 bits per heavy atom. The smallest absolute Gasteiger partial charge is 0.137 e. The Morgan fingerprint density at radius 3 is 3.21 bits per heavy atom. The highest BCUT2D eigenvalue weighted by molar-refractivity contribution is 5.39. The third-order valence-electron chi connectivity index (χ3n) is 2.01. The van der Waals surface area contributed by atoms with E-state index in [0.717, 1.165) is 24.4 Å². The monoisotopic (exact) mass is 187 g/mol. The molecule has 2 heterocycles. The average molecular weight is 187 g/mol. The zero-order valence-corrected chi connectivity index (χ0v) is 7.98. The van der Waals surface area contributed by atoms with Crippen LogP contribution >= 0.6 is 0 Å². The highest BCUT2D eigenvalue weighted by Gasteiger charge is 1.98. The minimum atomic E-state index is 0.785. The standard InChI is InChI=1S/C11H13N3/c1-2-6-12-8-10-9-14-7-4-3-5-11(14)13-10/h2-5,7,9,12H,1,6,8H2. The summed E-state index contributed by atoms with van der Waals surface area (Å²) in [7, 11) is 0. The Bertz CT molecular complexity index is 398. The van der Waals surface area contributed by atoms with E-state index in [1.807, 2.05) is 41.1 Å². The van der Waals surface area contributed by atoms with E-state index in [2.05, 4.69) is 16.9 Å². The van der Waals surface area contributed by atoms with Crippen molar-refractivity contribution < 1.29 is 0 Å². The number of fused-ring (bicyclic) bond motifs is 1. The molecule has 2 rings (SSSR count). The first-order chi connectivity index (χ1) is 6.90. The third kappa shape index (κ3) is 1.83. The van der Waals surface area contributed by atoms with E-state index in [4.69, 9.17) is 0 Å². The predicted octanol–water partition coefficient (Wildman–Crippen LogP) is 1.61. The van der Waals surface area contributed by atoms with Gasteiger partial charge in [-0.25, -0.2) is 4.98 Å². The van der Waals surface area contributed by atoms with Crippen LogP contribution in [0.1, 0.15) is 5.69 Å². The van der Waals surface area contributed by atoms with Gasteiger partial charge in [0, 0.05) is 25.5 Å². The summed E-state index contributed by atoms with van der Waals surface area (Å²) in [4.78, 5) is 4.45. The Morgan fingerprint density at radius 2 is 2.43 bits per heavy atom. The van der Waals surface area contributed by atoms with E-state index < -0.39 is 0 Å². The fraction of sp³-hybridized carbons (Fsp3) is 0.182. The molecular formula is C11H13N3. The maximum Gasteiger partial charge on any atom is 0.137 e. The van der Waals surface area contributed by atoms with E-state index in [1.54, 1.807) is 0 Å². The molecule has 1 N–H and O–H groups in total. The molecule has 2 aromatic heterocycles. The minimum Gasteiger partial charge on any atom is -0.308 e. The van der Waals surface area contributed by atoms with Crippen molar-refractivity contribution in [1.82, 2.24) is 14.7 Å². The lowest BCUT2D eigenvalue weighted by Crippen LogP contribution is -2.12. The zero-order chi connectivity index (χ0) is 9.80. The van der Waals surface area contributed by atoms with Gasteiger partial charge < -0.3 is 9.72 Å². The number of rotatable bonds is 4. The Balaban J connectivity index is 2.14. The highest BCUT2D eigenvalue weighted by atomic mass is 15.0. The van der Waals surface area contributed by atoms with Crippen molar-refractivity contribution in [3.8, 4) is 0 Å². The molecule has 14 heavy (non-hydrogen) atoms. The molecule has 2 aromatic rings. The van der Waals surface area contributed by atoms with E-state index >= 15 is 0 Å². The summed E-state index contributed by atoms with van der Waals surface area (Å²) in [5, 5.41) is 3.22. The first-order valence-electron chi connectivity index (χ1n) is 4.64. The molecule has 3 nitrogen and oxygen atoms in total. The van der Waals surface area contributed by atoms with E-state index in [0.29, 0.717) is 0 Å². The van der Waals surface area contributed by atoms with Crippen LogP contribution in [0.3, 0.4) is 0 Å². The number of hydrogen-bond donors (Lipinski definition) is 1. The van der Waals surface area contributed by atoms with Crippen molar-refractivity contribution in [2.24, 2.45) is 0 Å². The van der Waals surface area contributed by atoms with Crippen LogP contribution in [0.15, 0.2) is 43.2 Å². The second kappa shape index (κ2) is 4.07. The van der Waals surface area contributed by atoms with Crippen molar-refractivity contribution in [1.29, 1.82) is 0 Å². The molecule has 0 amide bonds. The Labute approximate surface area is 83.1 Å². The molecule has 0 spiro atoms. The van der Waals surface area contributed by atoms with Crippen LogP contribution in [0, 0.1) is 0 Å². The van der Waals surface area contributed by atoms with Gasteiger partial charge in [-0.05, 0) is 12.1 Å². The molecule has 0 saturated carbocycles. The molecule has 3 heteroatoms.